The number of imide groups is 2. The number of amides is 4. The van der Waals surface area contributed by atoms with Gasteiger partial charge in [0.25, 0.3) is 0 Å². The van der Waals surface area contributed by atoms with Gasteiger partial charge in [-0.25, -0.2) is 0 Å². The van der Waals surface area contributed by atoms with Gasteiger partial charge in [0.15, 0.2) is 0 Å². The average molecular weight is 295 g/mol. The Morgan fingerprint density at radius 3 is 1.52 bits per heavy atom. The van der Waals surface area contributed by atoms with Crippen molar-refractivity contribution in [2.45, 2.75) is 26.7 Å². The zero-order valence-electron chi connectivity index (χ0n) is 12.4. The van der Waals surface area contributed by atoms with Crippen LogP contribution in [0.15, 0.2) is 0 Å². The molecule has 0 aromatic heterocycles. The Balaban J connectivity index is 1.67. The minimum atomic E-state index is -0.223. The van der Waals surface area contributed by atoms with Crippen LogP contribution >= 0.6 is 0 Å². The minimum absolute atomic E-state index is 0.125. The van der Waals surface area contributed by atoms with Crippen LogP contribution in [0.2, 0.25) is 0 Å². The summed E-state index contributed by atoms with van der Waals surface area (Å²) in [6.07, 6.45) is 0.570. The van der Waals surface area contributed by atoms with Gasteiger partial charge in [-0.05, 0) is 0 Å². The van der Waals surface area contributed by atoms with Crippen molar-refractivity contribution < 1.29 is 19.2 Å². The minimum Gasteiger partial charge on any atom is -0.313 e. The monoisotopic (exact) mass is 295 g/mol. The highest BCUT2D eigenvalue weighted by molar-refractivity contribution is 6.03. The number of nitrogens with one attached hydrogen (secondary N) is 1. The summed E-state index contributed by atoms with van der Waals surface area (Å²) in [5, 5.41) is 3.06. The third-order valence-electron chi connectivity index (χ3n) is 3.96. The number of likely N-dealkylation sites (tertiary alicyclic amines) is 2. The van der Waals surface area contributed by atoms with Crippen molar-refractivity contribution in [2.24, 2.45) is 11.8 Å². The molecule has 1 N–H and O–H groups in total. The van der Waals surface area contributed by atoms with E-state index in [0.29, 0.717) is 26.2 Å². The van der Waals surface area contributed by atoms with Crippen LogP contribution in [0.5, 0.6) is 0 Å². The summed E-state index contributed by atoms with van der Waals surface area (Å²) in [6.45, 7) is 5.10. The highest BCUT2D eigenvalue weighted by Crippen LogP contribution is 2.18. The van der Waals surface area contributed by atoms with E-state index in [1.54, 1.807) is 13.8 Å². The third-order valence-corrected chi connectivity index (χ3v) is 3.96. The van der Waals surface area contributed by atoms with Crippen molar-refractivity contribution in [1.29, 1.82) is 0 Å². The molecule has 2 aliphatic rings. The lowest BCUT2D eigenvalue weighted by molar-refractivity contribution is -0.140. The maximum Gasteiger partial charge on any atom is 0.232 e. The van der Waals surface area contributed by atoms with E-state index in [1.807, 2.05) is 0 Å². The Morgan fingerprint density at radius 2 is 1.24 bits per heavy atom. The van der Waals surface area contributed by atoms with Crippen LogP contribution in [0.1, 0.15) is 26.7 Å². The van der Waals surface area contributed by atoms with E-state index in [0.717, 1.165) is 0 Å². The molecule has 0 aromatic carbocycles. The van der Waals surface area contributed by atoms with Gasteiger partial charge in [0.05, 0.1) is 0 Å². The van der Waals surface area contributed by atoms with Crippen molar-refractivity contribution >= 4 is 23.6 Å². The fourth-order valence-corrected chi connectivity index (χ4v) is 2.67. The van der Waals surface area contributed by atoms with Crippen LogP contribution in [0.3, 0.4) is 0 Å². The van der Waals surface area contributed by atoms with E-state index in [4.69, 9.17) is 0 Å². The lowest BCUT2D eigenvalue weighted by Crippen LogP contribution is -2.40. The molecule has 7 nitrogen and oxygen atoms in total. The standard InChI is InChI=1S/C14H21N3O4/c1-9-7-11(18)16(13(9)20)5-3-15-4-6-17-12(19)8-10(2)14(17)21/h9-10,15H,3-8H2,1-2H3. The van der Waals surface area contributed by atoms with Crippen LogP contribution in [0.4, 0.5) is 0 Å². The second-order valence-corrected chi connectivity index (χ2v) is 5.73. The molecule has 2 aliphatic heterocycles. The first-order valence-corrected chi connectivity index (χ1v) is 7.31. The van der Waals surface area contributed by atoms with Crippen molar-refractivity contribution in [3.8, 4) is 0 Å². The summed E-state index contributed by atoms with van der Waals surface area (Å²) in [6, 6.07) is 0. The van der Waals surface area contributed by atoms with Crippen molar-refractivity contribution in [1.82, 2.24) is 15.1 Å². The second kappa shape index (κ2) is 6.34. The van der Waals surface area contributed by atoms with Gasteiger partial charge in [-0.2, -0.15) is 0 Å². The number of hydrogen-bond donors (Lipinski definition) is 1. The lowest BCUT2D eigenvalue weighted by atomic mass is 10.1. The molecular weight excluding hydrogens is 274 g/mol. The predicted octanol–water partition coefficient (Wildman–Crippen LogP) is -0.634. The van der Waals surface area contributed by atoms with Gasteiger partial charge in [0, 0.05) is 50.9 Å². The van der Waals surface area contributed by atoms with Gasteiger partial charge >= 0.3 is 0 Å². The summed E-state index contributed by atoms with van der Waals surface area (Å²) >= 11 is 0. The fraction of sp³-hybridized carbons (Fsp3) is 0.714. The molecule has 0 aliphatic carbocycles. The van der Waals surface area contributed by atoms with E-state index in [-0.39, 0.29) is 48.3 Å². The van der Waals surface area contributed by atoms with Crippen LogP contribution in [-0.2, 0) is 19.2 Å². The van der Waals surface area contributed by atoms with E-state index in [9.17, 15) is 19.2 Å². The normalized spacial score (nSPS) is 26.4. The van der Waals surface area contributed by atoms with Gasteiger partial charge in [-0.3, -0.25) is 29.0 Å². The molecule has 0 saturated carbocycles. The molecule has 116 valence electrons. The molecule has 2 saturated heterocycles. The molecule has 4 amide bonds. The lowest BCUT2D eigenvalue weighted by Gasteiger charge is -2.17. The van der Waals surface area contributed by atoms with Gasteiger partial charge in [0.1, 0.15) is 0 Å². The molecule has 2 rings (SSSR count). The summed E-state index contributed by atoms with van der Waals surface area (Å²) in [7, 11) is 0. The first-order chi connectivity index (χ1) is 9.91. The Labute approximate surface area is 123 Å². The number of carbonyl (C=O) groups excluding carboxylic acids is 4. The molecule has 0 spiro atoms. The summed E-state index contributed by atoms with van der Waals surface area (Å²) in [5.41, 5.74) is 0. The highest BCUT2D eigenvalue weighted by Gasteiger charge is 2.36. The zero-order valence-corrected chi connectivity index (χ0v) is 12.4. The van der Waals surface area contributed by atoms with Crippen LogP contribution < -0.4 is 5.32 Å². The maximum absolute atomic E-state index is 11.7. The maximum atomic E-state index is 11.7. The van der Waals surface area contributed by atoms with Crippen molar-refractivity contribution in [3.05, 3.63) is 0 Å². The van der Waals surface area contributed by atoms with Crippen LogP contribution in [0.25, 0.3) is 0 Å². The Bertz CT molecular complexity index is 435. The molecule has 21 heavy (non-hydrogen) atoms. The fourth-order valence-electron chi connectivity index (χ4n) is 2.67. The number of rotatable bonds is 6. The van der Waals surface area contributed by atoms with Crippen molar-refractivity contribution in [2.75, 3.05) is 26.2 Å². The van der Waals surface area contributed by atoms with Crippen LogP contribution in [-0.4, -0.2) is 59.6 Å². The summed E-state index contributed by atoms with van der Waals surface area (Å²) in [5.74, 6) is -0.959. The first kappa shape index (κ1) is 15.6. The number of carbonyl (C=O) groups is 4. The SMILES string of the molecule is CC1CC(=O)N(CCNCCN2C(=O)CC(C)C2=O)C1=O. The van der Waals surface area contributed by atoms with Crippen LogP contribution in [0, 0.1) is 11.8 Å². The zero-order chi connectivity index (χ0) is 15.6. The quantitative estimate of drug-likeness (QED) is 0.520. The Hall–Kier alpha value is -1.76. The molecule has 2 fully saturated rings. The van der Waals surface area contributed by atoms with Gasteiger partial charge in [-0.15, -0.1) is 0 Å². The molecular formula is C14H21N3O4. The average Bonchev–Trinajstić information content (AvgIpc) is 2.80. The smallest absolute Gasteiger partial charge is 0.232 e. The molecule has 0 bridgehead atoms. The number of nitrogens with zero attached hydrogens (tertiary/aromatic N) is 2. The number of hydrogen-bond acceptors (Lipinski definition) is 5. The summed E-state index contributed by atoms with van der Waals surface area (Å²) < 4.78 is 0. The van der Waals surface area contributed by atoms with E-state index in [1.165, 1.54) is 9.80 Å². The van der Waals surface area contributed by atoms with Gasteiger partial charge < -0.3 is 5.32 Å². The largest absolute Gasteiger partial charge is 0.313 e. The summed E-state index contributed by atoms with van der Waals surface area (Å²) in [4.78, 5) is 49.1. The first-order valence-electron chi connectivity index (χ1n) is 7.31. The van der Waals surface area contributed by atoms with E-state index >= 15 is 0 Å². The molecule has 2 heterocycles. The Kier molecular flexibility index (Phi) is 4.72. The van der Waals surface area contributed by atoms with Gasteiger partial charge in [-0.1, -0.05) is 13.8 Å². The topological polar surface area (TPSA) is 86.8 Å². The molecule has 0 radical (unpaired) electrons. The third kappa shape index (κ3) is 3.29. The van der Waals surface area contributed by atoms with E-state index < -0.39 is 0 Å². The molecule has 7 heteroatoms. The van der Waals surface area contributed by atoms with E-state index in [2.05, 4.69) is 5.32 Å². The van der Waals surface area contributed by atoms with Crippen molar-refractivity contribution in [3.63, 3.8) is 0 Å². The predicted molar refractivity (Wildman–Crippen MR) is 73.9 cm³/mol. The second-order valence-electron chi connectivity index (χ2n) is 5.73. The molecule has 2 atom stereocenters. The molecule has 2 unspecified atom stereocenters. The van der Waals surface area contributed by atoms with Gasteiger partial charge in [0.2, 0.25) is 23.6 Å². The highest BCUT2D eigenvalue weighted by atomic mass is 16.2. The Morgan fingerprint density at radius 1 is 0.857 bits per heavy atom. The molecule has 0 aromatic rings.